The second-order valence-electron chi connectivity index (χ2n) is 7.16. The summed E-state index contributed by atoms with van der Waals surface area (Å²) in [5.41, 5.74) is 0.411. The number of carbonyl (C=O) groups excluding carboxylic acids is 1. The lowest BCUT2D eigenvalue weighted by Crippen LogP contribution is -2.40. The van der Waals surface area contributed by atoms with Gasteiger partial charge in [-0.15, -0.1) is 0 Å². The van der Waals surface area contributed by atoms with Crippen molar-refractivity contribution < 1.29 is 4.79 Å². The normalized spacial score (nSPS) is 26.0. The summed E-state index contributed by atoms with van der Waals surface area (Å²) in [6, 6.07) is 0.422. The molecule has 1 fully saturated rings. The summed E-state index contributed by atoms with van der Waals surface area (Å²) >= 11 is 0. The zero-order chi connectivity index (χ0) is 13.1. The Bertz CT molecular complexity index is 252. The number of hydrogen-bond donors (Lipinski definition) is 1. The fraction of sp³-hybridized carbons (Fsp3) is 0.933. The summed E-state index contributed by atoms with van der Waals surface area (Å²) in [4.78, 5) is 11.7. The standard InChI is InChI=1S/C15H29NO/c1-11(2)14(17)16-13-8-6-7-12(9-13)10-15(3,4)5/h11-13H,6-10H2,1-5H3,(H,16,17). The summed E-state index contributed by atoms with van der Waals surface area (Å²) in [6.45, 7) is 10.9. The van der Waals surface area contributed by atoms with Crippen molar-refractivity contribution in [3.8, 4) is 0 Å². The van der Waals surface area contributed by atoms with Gasteiger partial charge in [0.05, 0.1) is 0 Å². The van der Waals surface area contributed by atoms with Gasteiger partial charge in [0, 0.05) is 12.0 Å². The first-order valence-corrected chi connectivity index (χ1v) is 7.08. The highest BCUT2D eigenvalue weighted by atomic mass is 16.1. The summed E-state index contributed by atoms with van der Waals surface area (Å²) < 4.78 is 0. The Labute approximate surface area is 107 Å². The molecule has 1 rings (SSSR count). The highest BCUT2D eigenvalue weighted by Crippen LogP contribution is 2.34. The monoisotopic (exact) mass is 239 g/mol. The van der Waals surface area contributed by atoms with Gasteiger partial charge in [-0.2, -0.15) is 0 Å². The van der Waals surface area contributed by atoms with Crippen LogP contribution < -0.4 is 5.32 Å². The minimum atomic E-state index is 0.109. The van der Waals surface area contributed by atoms with E-state index >= 15 is 0 Å². The minimum Gasteiger partial charge on any atom is -0.353 e. The molecular weight excluding hydrogens is 210 g/mol. The molecule has 0 aromatic rings. The molecule has 1 aliphatic carbocycles. The Morgan fingerprint density at radius 2 is 1.94 bits per heavy atom. The number of amides is 1. The maximum absolute atomic E-state index is 11.7. The molecule has 1 aliphatic rings. The van der Waals surface area contributed by atoms with Crippen LogP contribution in [0.4, 0.5) is 0 Å². The van der Waals surface area contributed by atoms with Crippen molar-refractivity contribution in [2.75, 3.05) is 0 Å². The average Bonchev–Trinajstić information content (AvgIpc) is 2.15. The molecule has 1 saturated carbocycles. The van der Waals surface area contributed by atoms with E-state index in [4.69, 9.17) is 0 Å². The van der Waals surface area contributed by atoms with Crippen LogP contribution in [0.5, 0.6) is 0 Å². The van der Waals surface area contributed by atoms with Crippen LogP contribution in [-0.4, -0.2) is 11.9 Å². The molecule has 0 aromatic carbocycles. The van der Waals surface area contributed by atoms with Gasteiger partial charge in [-0.3, -0.25) is 4.79 Å². The van der Waals surface area contributed by atoms with Gasteiger partial charge in [0.15, 0.2) is 0 Å². The van der Waals surface area contributed by atoms with Crippen LogP contribution >= 0.6 is 0 Å². The van der Waals surface area contributed by atoms with Gasteiger partial charge < -0.3 is 5.32 Å². The third-order valence-corrected chi connectivity index (χ3v) is 3.55. The molecule has 0 aromatic heterocycles. The molecule has 2 unspecified atom stereocenters. The molecule has 0 radical (unpaired) electrons. The molecule has 1 amide bonds. The van der Waals surface area contributed by atoms with Gasteiger partial charge in [0.1, 0.15) is 0 Å². The summed E-state index contributed by atoms with van der Waals surface area (Å²) in [5, 5.41) is 3.20. The first-order chi connectivity index (χ1) is 7.78. The second-order valence-corrected chi connectivity index (χ2v) is 7.16. The zero-order valence-corrected chi connectivity index (χ0v) is 12.2. The smallest absolute Gasteiger partial charge is 0.222 e. The fourth-order valence-electron chi connectivity index (χ4n) is 2.84. The molecule has 0 bridgehead atoms. The van der Waals surface area contributed by atoms with E-state index in [0.717, 1.165) is 5.92 Å². The van der Waals surface area contributed by atoms with Crippen molar-refractivity contribution in [2.45, 2.75) is 72.8 Å². The van der Waals surface area contributed by atoms with Crippen LogP contribution in [0, 0.1) is 17.3 Å². The molecule has 2 atom stereocenters. The third-order valence-electron chi connectivity index (χ3n) is 3.55. The topological polar surface area (TPSA) is 29.1 Å². The zero-order valence-electron chi connectivity index (χ0n) is 12.2. The summed E-state index contributed by atoms with van der Waals surface area (Å²) in [5.74, 6) is 1.12. The van der Waals surface area contributed by atoms with Gasteiger partial charge in [-0.1, -0.05) is 47.5 Å². The number of rotatable bonds is 3. The maximum Gasteiger partial charge on any atom is 0.222 e. The summed E-state index contributed by atoms with van der Waals surface area (Å²) in [7, 11) is 0. The van der Waals surface area contributed by atoms with Crippen molar-refractivity contribution in [3.63, 3.8) is 0 Å². The van der Waals surface area contributed by atoms with Crippen LogP contribution in [-0.2, 0) is 4.79 Å². The Balaban J connectivity index is 2.41. The fourth-order valence-corrected chi connectivity index (χ4v) is 2.84. The Hall–Kier alpha value is -0.530. The van der Waals surface area contributed by atoms with E-state index in [9.17, 15) is 4.79 Å². The van der Waals surface area contributed by atoms with Crippen molar-refractivity contribution in [1.29, 1.82) is 0 Å². The molecule has 17 heavy (non-hydrogen) atoms. The van der Waals surface area contributed by atoms with E-state index in [1.165, 1.54) is 32.1 Å². The molecule has 2 nitrogen and oxygen atoms in total. The van der Waals surface area contributed by atoms with E-state index in [1.807, 2.05) is 13.8 Å². The first kappa shape index (κ1) is 14.5. The molecule has 0 aliphatic heterocycles. The molecule has 0 heterocycles. The van der Waals surface area contributed by atoms with Crippen molar-refractivity contribution in [1.82, 2.24) is 5.32 Å². The van der Waals surface area contributed by atoms with E-state index in [0.29, 0.717) is 11.5 Å². The van der Waals surface area contributed by atoms with Crippen LogP contribution in [0.3, 0.4) is 0 Å². The van der Waals surface area contributed by atoms with Gasteiger partial charge in [-0.25, -0.2) is 0 Å². The van der Waals surface area contributed by atoms with Crippen LogP contribution in [0.15, 0.2) is 0 Å². The Morgan fingerprint density at radius 3 is 2.47 bits per heavy atom. The van der Waals surface area contributed by atoms with E-state index in [2.05, 4.69) is 26.1 Å². The molecule has 0 spiro atoms. The van der Waals surface area contributed by atoms with Crippen molar-refractivity contribution in [3.05, 3.63) is 0 Å². The molecular formula is C15H29NO. The quantitative estimate of drug-likeness (QED) is 0.798. The van der Waals surface area contributed by atoms with Crippen LogP contribution in [0.2, 0.25) is 0 Å². The lowest BCUT2D eigenvalue weighted by atomic mass is 9.76. The second kappa shape index (κ2) is 5.88. The third kappa shape index (κ3) is 5.56. The van der Waals surface area contributed by atoms with Gasteiger partial charge >= 0.3 is 0 Å². The van der Waals surface area contributed by atoms with E-state index in [-0.39, 0.29) is 11.8 Å². The van der Waals surface area contributed by atoms with E-state index < -0.39 is 0 Å². The molecule has 1 N–H and O–H groups in total. The van der Waals surface area contributed by atoms with Crippen LogP contribution in [0.25, 0.3) is 0 Å². The lowest BCUT2D eigenvalue weighted by molar-refractivity contribution is -0.125. The van der Waals surface area contributed by atoms with Crippen LogP contribution in [0.1, 0.15) is 66.7 Å². The Kier molecular flexibility index (Phi) is 5.03. The SMILES string of the molecule is CC(C)C(=O)NC1CCCC(CC(C)(C)C)C1. The maximum atomic E-state index is 11.7. The first-order valence-electron chi connectivity index (χ1n) is 7.08. The average molecular weight is 239 g/mol. The highest BCUT2D eigenvalue weighted by Gasteiger charge is 2.26. The lowest BCUT2D eigenvalue weighted by Gasteiger charge is -2.34. The van der Waals surface area contributed by atoms with Gasteiger partial charge in [0.25, 0.3) is 0 Å². The van der Waals surface area contributed by atoms with Gasteiger partial charge in [-0.05, 0) is 30.6 Å². The van der Waals surface area contributed by atoms with Gasteiger partial charge in [0.2, 0.25) is 5.91 Å². The summed E-state index contributed by atoms with van der Waals surface area (Å²) in [6.07, 6.45) is 6.23. The minimum absolute atomic E-state index is 0.109. The van der Waals surface area contributed by atoms with Crippen molar-refractivity contribution >= 4 is 5.91 Å². The predicted octanol–water partition coefficient (Wildman–Crippen LogP) is 3.75. The number of nitrogens with one attached hydrogen (secondary N) is 1. The molecule has 0 saturated heterocycles. The molecule has 2 heteroatoms. The predicted molar refractivity (Wildman–Crippen MR) is 72.8 cm³/mol. The highest BCUT2D eigenvalue weighted by molar-refractivity contribution is 5.78. The molecule has 100 valence electrons. The largest absolute Gasteiger partial charge is 0.353 e. The van der Waals surface area contributed by atoms with Crippen molar-refractivity contribution in [2.24, 2.45) is 17.3 Å². The van der Waals surface area contributed by atoms with E-state index in [1.54, 1.807) is 0 Å². The number of carbonyl (C=O) groups is 1. The number of hydrogen-bond acceptors (Lipinski definition) is 1. The Morgan fingerprint density at radius 1 is 1.29 bits per heavy atom.